The molecule has 27 heavy (non-hydrogen) atoms. The molecular formula is C17H22N4O4S2. The predicted octanol–water partition coefficient (Wildman–Crippen LogP) is 2.75. The number of sulfonamides is 1. The number of amides is 1. The molecule has 0 spiro atoms. The van der Waals surface area contributed by atoms with Gasteiger partial charge in [0.1, 0.15) is 0 Å². The first-order valence-corrected chi connectivity index (χ1v) is 11.5. The van der Waals surface area contributed by atoms with E-state index in [2.05, 4.69) is 15.5 Å². The van der Waals surface area contributed by atoms with Crippen LogP contribution in [-0.2, 0) is 15.8 Å². The Morgan fingerprint density at radius 1 is 1.30 bits per heavy atom. The van der Waals surface area contributed by atoms with Crippen molar-refractivity contribution < 1.29 is 17.6 Å². The van der Waals surface area contributed by atoms with Crippen molar-refractivity contribution in [3.8, 4) is 0 Å². The fourth-order valence-corrected chi connectivity index (χ4v) is 5.06. The Kier molecular flexibility index (Phi) is 6.18. The number of carbonyl (C=O) groups is 1. The zero-order valence-electron chi connectivity index (χ0n) is 15.2. The summed E-state index contributed by atoms with van der Waals surface area (Å²) in [5, 5.41) is 10.1. The van der Waals surface area contributed by atoms with Crippen LogP contribution in [0.3, 0.4) is 0 Å². The van der Waals surface area contributed by atoms with E-state index in [9.17, 15) is 13.2 Å². The standard InChI is InChI=1S/C17H22N4O4S2/c1-12-5-3-4-10-21(12)27(23,24)14-8-6-13(7-9-14)16(22)18-17-20-19-15(25-17)11-26-2/h6-9,12H,3-5,10-11H2,1-2H3,(H,18,20,22)/t12-/m1/s1. The van der Waals surface area contributed by atoms with E-state index in [1.165, 1.54) is 40.3 Å². The van der Waals surface area contributed by atoms with Gasteiger partial charge in [-0.05, 0) is 50.3 Å². The molecule has 2 heterocycles. The number of nitrogens with one attached hydrogen (secondary N) is 1. The Morgan fingerprint density at radius 2 is 2.04 bits per heavy atom. The van der Waals surface area contributed by atoms with E-state index in [0.29, 0.717) is 23.8 Å². The largest absolute Gasteiger partial charge is 0.407 e. The van der Waals surface area contributed by atoms with Crippen molar-refractivity contribution in [2.75, 3.05) is 18.1 Å². The van der Waals surface area contributed by atoms with Crippen molar-refractivity contribution in [2.24, 2.45) is 0 Å². The molecule has 8 nitrogen and oxygen atoms in total. The van der Waals surface area contributed by atoms with Gasteiger partial charge in [-0.15, -0.1) is 5.10 Å². The highest BCUT2D eigenvalue weighted by Crippen LogP contribution is 2.25. The highest BCUT2D eigenvalue weighted by Gasteiger charge is 2.30. The molecule has 2 aromatic rings. The van der Waals surface area contributed by atoms with E-state index in [0.717, 1.165) is 19.3 Å². The first kappa shape index (κ1) is 19.8. The maximum Gasteiger partial charge on any atom is 0.322 e. The van der Waals surface area contributed by atoms with Gasteiger partial charge in [-0.2, -0.15) is 16.1 Å². The number of hydrogen-bond acceptors (Lipinski definition) is 7. The summed E-state index contributed by atoms with van der Waals surface area (Å²) in [6, 6.07) is 5.88. The molecule has 1 aromatic heterocycles. The summed E-state index contributed by atoms with van der Waals surface area (Å²) < 4.78 is 32.5. The smallest absolute Gasteiger partial charge is 0.322 e. The summed E-state index contributed by atoms with van der Waals surface area (Å²) in [7, 11) is -3.56. The van der Waals surface area contributed by atoms with Gasteiger partial charge in [-0.25, -0.2) is 8.42 Å². The van der Waals surface area contributed by atoms with Crippen LogP contribution in [-0.4, -0.2) is 47.7 Å². The fourth-order valence-electron chi connectivity index (χ4n) is 3.00. The van der Waals surface area contributed by atoms with E-state index in [-0.39, 0.29) is 17.0 Å². The molecule has 1 N–H and O–H groups in total. The third-order valence-electron chi connectivity index (χ3n) is 4.42. The monoisotopic (exact) mass is 410 g/mol. The van der Waals surface area contributed by atoms with Crippen LogP contribution in [0.15, 0.2) is 33.6 Å². The molecule has 1 aliphatic rings. The maximum atomic E-state index is 12.8. The van der Waals surface area contributed by atoms with Crippen LogP contribution in [0, 0.1) is 0 Å². The quantitative estimate of drug-likeness (QED) is 0.780. The van der Waals surface area contributed by atoms with Gasteiger partial charge in [0, 0.05) is 18.2 Å². The zero-order valence-corrected chi connectivity index (χ0v) is 16.8. The van der Waals surface area contributed by atoms with Crippen molar-refractivity contribution >= 4 is 33.7 Å². The maximum absolute atomic E-state index is 12.8. The van der Waals surface area contributed by atoms with Gasteiger partial charge in [-0.3, -0.25) is 10.1 Å². The minimum Gasteiger partial charge on any atom is -0.407 e. The summed E-state index contributed by atoms with van der Waals surface area (Å²) >= 11 is 1.53. The lowest BCUT2D eigenvalue weighted by Crippen LogP contribution is -2.41. The van der Waals surface area contributed by atoms with Crippen LogP contribution in [0.2, 0.25) is 0 Å². The van der Waals surface area contributed by atoms with Crippen molar-refractivity contribution in [1.82, 2.24) is 14.5 Å². The molecular weight excluding hydrogens is 388 g/mol. The van der Waals surface area contributed by atoms with E-state index >= 15 is 0 Å². The van der Waals surface area contributed by atoms with Crippen LogP contribution in [0.1, 0.15) is 42.4 Å². The average molecular weight is 411 g/mol. The third kappa shape index (κ3) is 4.50. The molecule has 0 bridgehead atoms. The van der Waals surface area contributed by atoms with E-state index < -0.39 is 15.9 Å². The average Bonchev–Trinajstić information content (AvgIpc) is 3.09. The Morgan fingerprint density at radius 3 is 2.70 bits per heavy atom. The van der Waals surface area contributed by atoms with Gasteiger partial charge in [0.2, 0.25) is 15.9 Å². The summed E-state index contributed by atoms with van der Waals surface area (Å²) in [5.74, 6) is 0.546. The number of rotatable bonds is 6. The van der Waals surface area contributed by atoms with Crippen LogP contribution >= 0.6 is 11.8 Å². The topological polar surface area (TPSA) is 105 Å². The molecule has 3 rings (SSSR count). The first-order chi connectivity index (χ1) is 12.9. The third-order valence-corrected chi connectivity index (χ3v) is 6.98. The molecule has 1 amide bonds. The molecule has 10 heteroatoms. The molecule has 1 aromatic carbocycles. The van der Waals surface area contributed by atoms with Gasteiger partial charge in [-0.1, -0.05) is 11.5 Å². The van der Waals surface area contributed by atoms with E-state index in [1.807, 2.05) is 13.2 Å². The van der Waals surface area contributed by atoms with Gasteiger partial charge in [0.15, 0.2) is 0 Å². The number of nitrogens with zero attached hydrogens (tertiary/aromatic N) is 3. The number of hydrogen-bond donors (Lipinski definition) is 1. The number of benzene rings is 1. The lowest BCUT2D eigenvalue weighted by Gasteiger charge is -2.32. The Hall–Kier alpha value is -1.91. The molecule has 1 aliphatic heterocycles. The second-order valence-electron chi connectivity index (χ2n) is 6.37. The van der Waals surface area contributed by atoms with Crippen LogP contribution < -0.4 is 5.32 Å². The summed E-state index contributed by atoms with van der Waals surface area (Å²) in [6.45, 7) is 2.45. The summed E-state index contributed by atoms with van der Waals surface area (Å²) in [4.78, 5) is 12.5. The fraction of sp³-hybridized carbons (Fsp3) is 0.471. The number of piperidine rings is 1. The second kappa shape index (κ2) is 8.41. The minimum absolute atomic E-state index is 0.0141. The van der Waals surface area contributed by atoms with Gasteiger partial charge < -0.3 is 4.42 Å². The van der Waals surface area contributed by atoms with Gasteiger partial charge in [0.25, 0.3) is 5.91 Å². The number of thioether (sulfide) groups is 1. The molecule has 1 fully saturated rings. The van der Waals surface area contributed by atoms with Crippen LogP contribution in [0.4, 0.5) is 6.01 Å². The number of aromatic nitrogens is 2. The van der Waals surface area contributed by atoms with Gasteiger partial charge in [0.05, 0.1) is 10.6 Å². The van der Waals surface area contributed by atoms with Crippen molar-refractivity contribution in [3.05, 3.63) is 35.7 Å². The Bertz CT molecular complexity index is 896. The van der Waals surface area contributed by atoms with Crippen molar-refractivity contribution in [3.63, 3.8) is 0 Å². The van der Waals surface area contributed by atoms with Crippen LogP contribution in [0.25, 0.3) is 0 Å². The molecule has 1 atom stereocenters. The highest BCUT2D eigenvalue weighted by molar-refractivity contribution is 7.97. The minimum atomic E-state index is -3.56. The molecule has 1 saturated heterocycles. The lowest BCUT2D eigenvalue weighted by atomic mass is 10.1. The molecule has 0 unspecified atom stereocenters. The first-order valence-electron chi connectivity index (χ1n) is 8.66. The SMILES string of the molecule is CSCc1nnc(NC(=O)c2ccc(S(=O)(=O)N3CCCC[C@H]3C)cc2)o1. The van der Waals surface area contributed by atoms with Crippen molar-refractivity contribution in [1.29, 1.82) is 0 Å². The molecule has 0 saturated carbocycles. The second-order valence-corrected chi connectivity index (χ2v) is 9.13. The van der Waals surface area contributed by atoms with Crippen LogP contribution in [0.5, 0.6) is 0 Å². The Labute approximate surface area is 162 Å². The lowest BCUT2D eigenvalue weighted by molar-refractivity contribution is 0.102. The molecule has 0 radical (unpaired) electrons. The van der Waals surface area contributed by atoms with E-state index in [1.54, 1.807) is 0 Å². The summed E-state index contributed by atoms with van der Waals surface area (Å²) in [5.41, 5.74) is 0.310. The highest BCUT2D eigenvalue weighted by atomic mass is 32.2. The summed E-state index contributed by atoms with van der Waals surface area (Å²) in [6.07, 6.45) is 4.68. The predicted molar refractivity (Wildman–Crippen MR) is 103 cm³/mol. The number of carbonyl (C=O) groups excluding carboxylic acids is 1. The van der Waals surface area contributed by atoms with E-state index in [4.69, 9.17) is 4.42 Å². The van der Waals surface area contributed by atoms with Gasteiger partial charge >= 0.3 is 6.01 Å². The molecule has 146 valence electrons. The normalized spacial score (nSPS) is 18.4. The van der Waals surface area contributed by atoms with Crippen molar-refractivity contribution in [2.45, 2.75) is 42.9 Å². The zero-order chi connectivity index (χ0) is 19.4. The number of anilines is 1. The molecule has 0 aliphatic carbocycles. The Balaban J connectivity index is 1.71.